The Morgan fingerprint density at radius 1 is 1.05 bits per heavy atom. The first-order valence-electron chi connectivity index (χ1n) is 5.73. The Kier molecular flexibility index (Phi) is 3.28. The number of carbonyl (C=O) groups excluding carboxylic acids is 1. The number of ketones is 1. The van der Waals surface area contributed by atoms with Crippen molar-refractivity contribution in [1.82, 2.24) is 0 Å². The van der Waals surface area contributed by atoms with Crippen LogP contribution in [-0.2, 0) is 0 Å². The molecule has 0 fully saturated rings. The molecule has 0 radical (unpaired) electrons. The Morgan fingerprint density at radius 3 is 2.55 bits per heavy atom. The highest BCUT2D eigenvalue weighted by Crippen LogP contribution is 2.30. The molecule has 0 amide bonds. The molecule has 3 aromatic rings. The first kappa shape index (κ1) is 13.2. The maximum Gasteiger partial charge on any atom is 0.196 e. The first-order valence-corrected chi connectivity index (χ1v) is 6.99. The van der Waals surface area contributed by atoms with Gasteiger partial charge in [0.2, 0.25) is 0 Å². The molecule has 3 rings (SSSR count). The van der Waals surface area contributed by atoms with Crippen molar-refractivity contribution in [2.75, 3.05) is 0 Å². The van der Waals surface area contributed by atoms with E-state index in [2.05, 4.69) is 0 Å². The Labute approximate surface area is 122 Å². The van der Waals surface area contributed by atoms with Gasteiger partial charge in [-0.3, -0.25) is 4.79 Å². The van der Waals surface area contributed by atoms with E-state index in [4.69, 9.17) is 11.6 Å². The van der Waals surface area contributed by atoms with Crippen molar-refractivity contribution >= 4 is 38.8 Å². The van der Waals surface area contributed by atoms with Crippen LogP contribution in [0.25, 0.3) is 10.1 Å². The zero-order chi connectivity index (χ0) is 14.3. The van der Waals surface area contributed by atoms with Gasteiger partial charge in [-0.1, -0.05) is 29.8 Å². The lowest BCUT2D eigenvalue weighted by Gasteiger charge is -2.04. The van der Waals surface area contributed by atoms with E-state index < -0.39 is 17.4 Å². The molecular weight excluding hydrogens is 302 g/mol. The molecule has 0 N–H and O–H groups in total. The number of hydrogen-bond donors (Lipinski definition) is 0. The van der Waals surface area contributed by atoms with Gasteiger partial charge < -0.3 is 0 Å². The van der Waals surface area contributed by atoms with Crippen molar-refractivity contribution in [3.63, 3.8) is 0 Å². The molecule has 0 spiro atoms. The Balaban J connectivity index is 2.16. The highest BCUT2D eigenvalue weighted by molar-refractivity contribution is 7.17. The molecule has 1 heterocycles. The van der Waals surface area contributed by atoms with Crippen LogP contribution < -0.4 is 0 Å². The second-order valence-corrected chi connectivity index (χ2v) is 5.54. The van der Waals surface area contributed by atoms with Crippen molar-refractivity contribution in [2.45, 2.75) is 0 Å². The predicted molar refractivity (Wildman–Crippen MR) is 76.6 cm³/mol. The van der Waals surface area contributed by atoms with Crippen LogP contribution in [0.2, 0.25) is 5.02 Å². The van der Waals surface area contributed by atoms with Crippen LogP contribution in [0.4, 0.5) is 8.78 Å². The van der Waals surface area contributed by atoms with Crippen molar-refractivity contribution in [3.05, 3.63) is 69.6 Å². The fraction of sp³-hybridized carbons (Fsp3) is 0. The van der Waals surface area contributed by atoms with Gasteiger partial charge in [0, 0.05) is 26.6 Å². The molecule has 2 aromatic carbocycles. The van der Waals surface area contributed by atoms with Gasteiger partial charge in [-0.2, -0.15) is 0 Å². The van der Waals surface area contributed by atoms with E-state index in [9.17, 15) is 13.6 Å². The summed E-state index contributed by atoms with van der Waals surface area (Å²) in [4.78, 5) is 12.4. The van der Waals surface area contributed by atoms with E-state index in [0.717, 1.165) is 22.2 Å². The minimum absolute atomic E-state index is 0.0332. The molecule has 0 saturated heterocycles. The highest BCUT2D eigenvalue weighted by Gasteiger charge is 2.19. The lowest BCUT2D eigenvalue weighted by atomic mass is 10.0. The summed E-state index contributed by atoms with van der Waals surface area (Å²) < 4.78 is 27.3. The standard InChI is InChI=1S/C15H7ClF2OS/c16-11-6-13(18)12(17)5-9(11)15(19)10-7-20-14-4-2-1-3-8(10)14/h1-7H. The molecule has 100 valence electrons. The monoisotopic (exact) mass is 308 g/mol. The van der Waals surface area contributed by atoms with Gasteiger partial charge in [0.1, 0.15) is 0 Å². The lowest BCUT2D eigenvalue weighted by molar-refractivity contribution is 0.104. The molecule has 0 aliphatic rings. The van der Waals surface area contributed by atoms with Crippen molar-refractivity contribution in [1.29, 1.82) is 0 Å². The molecule has 0 atom stereocenters. The topological polar surface area (TPSA) is 17.1 Å². The number of rotatable bonds is 2. The van der Waals surface area contributed by atoms with E-state index in [0.29, 0.717) is 5.56 Å². The Morgan fingerprint density at radius 2 is 1.75 bits per heavy atom. The van der Waals surface area contributed by atoms with Gasteiger partial charge in [0.25, 0.3) is 0 Å². The number of benzene rings is 2. The van der Waals surface area contributed by atoms with E-state index in [1.807, 2.05) is 24.3 Å². The third kappa shape index (κ3) is 2.11. The van der Waals surface area contributed by atoms with Gasteiger partial charge in [-0.05, 0) is 18.2 Å². The molecule has 20 heavy (non-hydrogen) atoms. The zero-order valence-electron chi connectivity index (χ0n) is 9.99. The highest BCUT2D eigenvalue weighted by atomic mass is 35.5. The average Bonchev–Trinajstić information content (AvgIpc) is 2.86. The number of thiophene rings is 1. The summed E-state index contributed by atoms with van der Waals surface area (Å²) in [5, 5.41) is 2.39. The average molecular weight is 309 g/mol. The van der Waals surface area contributed by atoms with Crippen molar-refractivity contribution in [2.24, 2.45) is 0 Å². The fourth-order valence-corrected chi connectivity index (χ4v) is 3.17. The van der Waals surface area contributed by atoms with Crippen LogP contribution in [0.1, 0.15) is 15.9 Å². The summed E-state index contributed by atoms with van der Waals surface area (Å²) >= 11 is 7.26. The smallest absolute Gasteiger partial charge is 0.196 e. The fourth-order valence-electron chi connectivity index (χ4n) is 2.00. The molecule has 1 nitrogen and oxygen atoms in total. The zero-order valence-corrected chi connectivity index (χ0v) is 11.6. The SMILES string of the molecule is O=C(c1cc(F)c(F)cc1Cl)c1csc2ccccc12. The summed E-state index contributed by atoms with van der Waals surface area (Å²) in [5.74, 6) is -2.56. The van der Waals surface area contributed by atoms with E-state index >= 15 is 0 Å². The molecule has 0 aliphatic heterocycles. The maximum absolute atomic E-state index is 13.3. The molecular formula is C15H7ClF2OS. The normalized spacial score (nSPS) is 10.9. The molecule has 5 heteroatoms. The van der Waals surface area contributed by atoms with Gasteiger partial charge >= 0.3 is 0 Å². The summed E-state index contributed by atoms with van der Waals surface area (Å²) in [7, 11) is 0. The van der Waals surface area contributed by atoms with E-state index in [-0.39, 0.29) is 10.6 Å². The minimum atomic E-state index is -1.09. The van der Waals surface area contributed by atoms with Gasteiger partial charge in [0.05, 0.1) is 5.02 Å². The minimum Gasteiger partial charge on any atom is -0.288 e. The lowest BCUT2D eigenvalue weighted by Crippen LogP contribution is -2.03. The van der Waals surface area contributed by atoms with E-state index in [1.54, 1.807) is 5.38 Å². The van der Waals surface area contributed by atoms with Crippen LogP contribution in [0, 0.1) is 11.6 Å². The van der Waals surface area contributed by atoms with Crippen molar-refractivity contribution < 1.29 is 13.6 Å². The molecule has 0 bridgehead atoms. The molecule has 0 aliphatic carbocycles. The number of halogens is 3. The Bertz CT molecular complexity index is 826. The largest absolute Gasteiger partial charge is 0.288 e. The molecule has 0 unspecified atom stereocenters. The summed E-state index contributed by atoms with van der Waals surface area (Å²) in [6.45, 7) is 0. The summed E-state index contributed by atoms with van der Waals surface area (Å²) in [6.07, 6.45) is 0. The van der Waals surface area contributed by atoms with Crippen LogP contribution in [-0.4, -0.2) is 5.78 Å². The number of fused-ring (bicyclic) bond motifs is 1. The summed E-state index contributed by atoms with van der Waals surface area (Å²) in [5.41, 5.74) is 0.410. The van der Waals surface area contributed by atoms with Crippen molar-refractivity contribution in [3.8, 4) is 0 Å². The van der Waals surface area contributed by atoms with Gasteiger partial charge in [0.15, 0.2) is 17.4 Å². The number of carbonyl (C=O) groups is 1. The van der Waals surface area contributed by atoms with Crippen LogP contribution in [0.3, 0.4) is 0 Å². The number of hydrogen-bond acceptors (Lipinski definition) is 2. The predicted octanol–water partition coefficient (Wildman–Crippen LogP) is 5.06. The molecule has 0 saturated carbocycles. The second kappa shape index (κ2) is 4.96. The van der Waals surface area contributed by atoms with Crippen LogP contribution >= 0.6 is 22.9 Å². The summed E-state index contributed by atoms with van der Waals surface area (Å²) in [6, 6.07) is 9.05. The maximum atomic E-state index is 13.3. The third-order valence-corrected chi connectivity index (χ3v) is 4.26. The second-order valence-electron chi connectivity index (χ2n) is 4.22. The van der Waals surface area contributed by atoms with E-state index in [1.165, 1.54) is 11.3 Å². The first-order chi connectivity index (χ1) is 9.58. The van der Waals surface area contributed by atoms with Crippen LogP contribution in [0.15, 0.2) is 41.8 Å². The van der Waals surface area contributed by atoms with Gasteiger partial charge in [-0.15, -0.1) is 11.3 Å². The third-order valence-electron chi connectivity index (χ3n) is 2.98. The quantitative estimate of drug-likeness (QED) is 0.477. The van der Waals surface area contributed by atoms with Gasteiger partial charge in [-0.25, -0.2) is 8.78 Å². The van der Waals surface area contributed by atoms with Crippen LogP contribution in [0.5, 0.6) is 0 Å². The Hall–Kier alpha value is -1.78. The molecule has 1 aromatic heterocycles.